The third-order valence-corrected chi connectivity index (χ3v) is 4.33. The molecule has 0 fully saturated rings. The largest absolute Gasteiger partial charge is 0.493 e. The van der Waals surface area contributed by atoms with E-state index in [1.165, 1.54) is 18.4 Å². The molecule has 0 aliphatic carbocycles. The minimum Gasteiger partial charge on any atom is -0.493 e. The van der Waals surface area contributed by atoms with Crippen LogP contribution in [-0.2, 0) is 0 Å². The molecule has 1 N–H and O–H groups in total. The maximum absolute atomic E-state index is 5.79. The molecule has 0 radical (unpaired) electrons. The molecule has 1 aliphatic heterocycles. The molecule has 0 aromatic heterocycles. The number of rotatable bonds is 6. The highest BCUT2D eigenvalue weighted by atomic mass is 16.5. The molecule has 1 aromatic rings. The first-order valence-corrected chi connectivity index (χ1v) is 7.73. The van der Waals surface area contributed by atoms with Gasteiger partial charge in [-0.1, -0.05) is 45.4 Å². The lowest BCUT2D eigenvalue weighted by Gasteiger charge is -2.36. The Labute approximate surface area is 117 Å². The van der Waals surface area contributed by atoms with Gasteiger partial charge < -0.3 is 10.1 Å². The number of fused-ring (bicyclic) bond motifs is 1. The van der Waals surface area contributed by atoms with E-state index in [0.29, 0.717) is 17.9 Å². The number of ether oxygens (including phenoxy) is 1. The van der Waals surface area contributed by atoms with Gasteiger partial charge in [0, 0.05) is 12.0 Å². The Bertz CT molecular complexity index is 391. The van der Waals surface area contributed by atoms with Gasteiger partial charge in [0.15, 0.2) is 0 Å². The van der Waals surface area contributed by atoms with Crippen LogP contribution in [0.1, 0.15) is 51.5 Å². The van der Waals surface area contributed by atoms with Crippen molar-refractivity contribution in [3.05, 3.63) is 29.8 Å². The van der Waals surface area contributed by atoms with Gasteiger partial charge in [-0.05, 0) is 36.9 Å². The van der Waals surface area contributed by atoms with E-state index in [2.05, 4.69) is 50.4 Å². The zero-order chi connectivity index (χ0) is 13.7. The molecular weight excluding hydrogens is 234 g/mol. The van der Waals surface area contributed by atoms with Crippen LogP contribution in [-0.4, -0.2) is 19.2 Å². The standard InChI is InChI=1S/C17H27NO/c1-4-11-18-17(13(3)5-2)15-10-12-19-16-9-7-6-8-14(15)16/h6-9,13,15,17-18H,4-5,10-12H2,1-3H3. The third kappa shape index (κ3) is 3.30. The van der Waals surface area contributed by atoms with Crippen molar-refractivity contribution < 1.29 is 4.74 Å². The average Bonchev–Trinajstić information content (AvgIpc) is 2.47. The molecule has 1 aliphatic rings. The van der Waals surface area contributed by atoms with Crippen molar-refractivity contribution in [1.82, 2.24) is 5.32 Å². The lowest BCUT2D eigenvalue weighted by atomic mass is 9.80. The van der Waals surface area contributed by atoms with Crippen LogP contribution in [0.3, 0.4) is 0 Å². The Kier molecular flexibility index (Phi) is 5.26. The lowest BCUT2D eigenvalue weighted by molar-refractivity contribution is 0.220. The molecular formula is C17H27NO. The Morgan fingerprint density at radius 2 is 2.11 bits per heavy atom. The van der Waals surface area contributed by atoms with Crippen LogP contribution in [0.25, 0.3) is 0 Å². The molecule has 2 rings (SSSR count). The van der Waals surface area contributed by atoms with Crippen molar-refractivity contribution in [1.29, 1.82) is 0 Å². The van der Waals surface area contributed by atoms with Crippen LogP contribution in [0.2, 0.25) is 0 Å². The summed E-state index contributed by atoms with van der Waals surface area (Å²) in [6, 6.07) is 9.11. The smallest absolute Gasteiger partial charge is 0.122 e. The van der Waals surface area contributed by atoms with Crippen molar-refractivity contribution in [2.45, 2.75) is 52.0 Å². The van der Waals surface area contributed by atoms with Crippen molar-refractivity contribution in [2.24, 2.45) is 5.92 Å². The van der Waals surface area contributed by atoms with E-state index < -0.39 is 0 Å². The van der Waals surface area contributed by atoms with Gasteiger partial charge in [-0.3, -0.25) is 0 Å². The second-order valence-electron chi connectivity index (χ2n) is 5.65. The predicted molar refractivity (Wildman–Crippen MR) is 80.8 cm³/mol. The molecule has 2 nitrogen and oxygen atoms in total. The van der Waals surface area contributed by atoms with Gasteiger partial charge in [0.25, 0.3) is 0 Å². The first-order valence-electron chi connectivity index (χ1n) is 7.73. The minimum absolute atomic E-state index is 0.565. The first kappa shape index (κ1) is 14.4. The van der Waals surface area contributed by atoms with Crippen LogP contribution in [0.15, 0.2) is 24.3 Å². The summed E-state index contributed by atoms with van der Waals surface area (Å²) < 4.78 is 5.79. The number of hydrogen-bond donors (Lipinski definition) is 1. The molecule has 3 atom stereocenters. The molecule has 106 valence electrons. The molecule has 2 heteroatoms. The van der Waals surface area contributed by atoms with Gasteiger partial charge in [0.05, 0.1) is 6.61 Å². The van der Waals surface area contributed by atoms with Gasteiger partial charge in [-0.25, -0.2) is 0 Å². The van der Waals surface area contributed by atoms with Gasteiger partial charge in [0.2, 0.25) is 0 Å². The van der Waals surface area contributed by atoms with E-state index in [1.807, 2.05) is 0 Å². The van der Waals surface area contributed by atoms with E-state index in [4.69, 9.17) is 4.74 Å². The zero-order valence-electron chi connectivity index (χ0n) is 12.5. The Hall–Kier alpha value is -1.02. The summed E-state index contributed by atoms with van der Waals surface area (Å²) in [4.78, 5) is 0. The summed E-state index contributed by atoms with van der Waals surface area (Å²) in [5, 5.41) is 3.78. The summed E-state index contributed by atoms with van der Waals surface area (Å²) in [5.74, 6) is 2.37. The normalized spacial score (nSPS) is 21.3. The summed E-state index contributed by atoms with van der Waals surface area (Å²) in [5.41, 5.74) is 1.39. The zero-order valence-corrected chi connectivity index (χ0v) is 12.5. The molecule has 0 amide bonds. The predicted octanol–water partition coefficient (Wildman–Crippen LogP) is 3.97. The van der Waals surface area contributed by atoms with Crippen LogP contribution in [0.4, 0.5) is 0 Å². The molecule has 0 bridgehead atoms. The maximum atomic E-state index is 5.79. The summed E-state index contributed by atoms with van der Waals surface area (Å²) in [7, 11) is 0. The highest BCUT2D eigenvalue weighted by Gasteiger charge is 2.31. The average molecular weight is 261 g/mol. The monoisotopic (exact) mass is 261 g/mol. The third-order valence-electron chi connectivity index (χ3n) is 4.33. The van der Waals surface area contributed by atoms with E-state index in [-0.39, 0.29) is 0 Å². The maximum Gasteiger partial charge on any atom is 0.122 e. The lowest BCUT2D eigenvalue weighted by Crippen LogP contribution is -2.42. The van der Waals surface area contributed by atoms with Crippen molar-refractivity contribution in [3.8, 4) is 5.75 Å². The highest BCUT2D eigenvalue weighted by molar-refractivity contribution is 5.38. The van der Waals surface area contributed by atoms with Crippen LogP contribution in [0, 0.1) is 5.92 Å². The molecule has 0 spiro atoms. The summed E-state index contributed by atoms with van der Waals surface area (Å²) in [6.45, 7) is 8.84. The molecule has 19 heavy (non-hydrogen) atoms. The molecule has 1 heterocycles. The Balaban J connectivity index is 2.22. The SMILES string of the molecule is CCCNC(C(C)CC)C1CCOc2ccccc21. The quantitative estimate of drug-likeness (QED) is 0.836. The van der Waals surface area contributed by atoms with Gasteiger partial charge >= 0.3 is 0 Å². The second kappa shape index (κ2) is 6.95. The Morgan fingerprint density at radius 1 is 1.32 bits per heavy atom. The molecule has 0 saturated heterocycles. The van der Waals surface area contributed by atoms with Gasteiger partial charge in [-0.2, -0.15) is 0 Å². The minimum atomic E-state index is 0.565. The van der Waals surface area contributed by atoms with Crippen LogP contribution >= 0.6 is 0 Å². The fraction of sp³-hybridized carbons (Fsp3) is 0.647. The molecule has 1 aromatic carbocycles. The van der Waals surface area contributed by atoms with Gasteiger partial charge in [0.1, 0.15) is 5.75 Å². The van der Waals surface area contributed by atoms with E-state index >= 15 is 0 Å². The van der Waals surface area contributed by atoms with Crippen molar-refractivity contribution in [2.75, 3.05) is 13.2 Å². The topological polar surface area (TPSA) is 21.3 Å². The van der Waals surface area contributed by atoms with E-state index in [9.17, 15) is 0 Å². The molecule has 3 unspecified atom stereocenters. The number of benzene rings is 1. The van der Waals surface area contributed by atoms with Crippen LogP contribution in [0.5, 0.6) is 5.75 Å². The number of hydrogen-bond acceptors (Lipinski definition) is 2. The highest BCUT2D eigenvalue weighted by Crippen LogP contribution is 2.38. The fourth-order valence-corrected chi connectivity index (χ4v) is 3.05. The fourth-order valence-electron chi connectivity index (χ4n) is 3.05. The van der Waals surface area contributed by atoms with E-state index in [0.717, 1.165) is 25.3 Å². The van der Waals surface area contributed by atoms with E-state index in [1.54, 1.807) is 0 Å². The van der Waals surface area contributed by atoms with Crippen molar-refractivity contribution >= 4 is 0 Å². The Morgan fingerprint density at radius 3 is 2.84 bits per heavy atom. The molecule has 0 saturated carbocycles. The van der Waals surface area contributed by atoms with Crippen molar-refractivity contribution in [3.63, 3.8) is 0 Å². The van der Waals surface area contributed by atoms with Gasteiger partial charge in [-0.15, -0.1) is 0 Å². The summed E-state index contributed by atoms with van der Waals surface area (Å²) in [6.07, 6.45) is 3.54. The number of nitrogens with one attached hydrogen (secondary N) is 1. The second-order valence-corrected chi connectivity index (χ2v) is 5.65. The summed E-state index contributed by atoms with van der Waals surface area (Å²) >= 11 is 0. The first-order chi connectivity index (χ1) is 9.27. The van der Waals surface area contributed by atoms with Crippen LogP contribution < -0.4 is 10.1 Å². The number of para-hydroxylation sites is 1.